The van der Waals surface area contributed by atoms with E-state index >= 15 is 0 Å². The Morgan fingerprint density at radius 3 is 2.46 bits per heavy atom. The smallest absolute Gasteiger partial charge is 0.218 e. The number of benzene rings is 2. The van der Waals surface area contributed by atoms with E-state index in [9.17, 15) is 12.8 Å². The van der Waals surface area contributed by atoms with Crippen LogP contribution in [0.5, 0.6) is 0 Å². The molecule has 0 aromatic heterocycles. The molecule has 0 N–H and O–H groups in total. The molecule has 7 heteroatoms. The lowest BCUT2D eigenvalue weighted by molar-refractivity contribution is -0.00260. The Morgan fingerprint density at radius 1 is 1.12 bits per heavy atom. The molecule has 1 aliphatic rings. The van der Waals surface area contributed by atoms with Crippen molar-refractivity contribution >= 4 is 21.6 Å². The highest BCUT2D eigenvalue weighted by atomic mass is 35.5. The number of halogens is 2. The zero-order chi connectivity index (χ0) is 17.2. The Bertz CT molecular complexity index is 794. The topological polar surface area (TPSA) is 46.6 Å². The molecule has 24 heavy (non-hydrogen) atoms. The van der Waals surface area contributed by atoms with Gasteiger partial charge in [0.15, 0.2) is 0 Å². The number of hydrogen-bond donors (Lipinski definition) is 0. The molecular weight excluding hydrogens is 353 g/mol. The summed E-state index contributed by atoms with van der Waals surface area (Å²) in [4.78, 5) is 0. The Morgan fingerprint density at radius 2 is 1.79 bits per heavy atom. The van der Waals surface area contributed by atoms with Crippen molar-refractivity contribution in [3.8, 4) is 0 Å². The van der Waals surface area contributed by atoms with E-state index in [1.165, 1.54) is 28.6 Å². The molecule has 4 nitrogen and oxygen atoms in total. The van der Waals surface area contributed by atoms with Crippen molar-refractivity contribution in [1.82, 2.24) is 4.31 Å². The minimum Gasteiger partial charge on any atom is -0.371 e. The third-order valence-electron chi connectivity index (χ3n) is 3.93. The quantitative estimate of drug-likeness (QED) is 0.830. The van der Waals surface area contributed by atoms with Gasteiger partial charge in [0.2, 0.25) is 10.0 Å². The van der Waals surface area contributed by atoms with Gasteiger partial charge in [0, 0.05) is 18.1 Å². The molecule has 0 amide bonds. The molecule has 1 atom stereocenters. The fraction of sp³-hybridized carbons (Fsp3) is 0.294. The summed E-state index contributed by atoms with van der Waals surface area (Å²) in [6, 6.07) is 12.7. The number of nitrogens with zero attached hydrogens (tertiary/aromatic N) is 1. The molecule has 2 aromatic rings. The molecule has 1 saturated heterocycles. The van der Waals surface area contributed by atoms with E-state index in [-0.39, 0.29) is 24.2 Å². The summed E-state index contributed by atoms with van der Waals surface area (Å²) in [6.45, 7) is 0.898. The standard InChI is InChI=1S/C17H17ClFNO3S/c18-15-5-3-14(4-6-15)17-11-20(9-10-23-17)24(21,22)12-13-1-7-16(19)8-2-13/h1-8,17H,9-12H2. The third-order valence-corrected chi connectivity index (χ3v) is 6.00. The lowest BCUT2D eigenvalue weighted by Gasteiger charge is -2.32. The van der Waals surface area contributed by atoms with Crippen molar-refractivity contribution in [1.29, 1.82) is 0 Å². The van der Waals surface area contributed by atoms with Crippen LogP contribution in [0.1, 0.15) is 17.2 Å². The Kier molecular flexibility index (Phi) is 5.20. The molecule has 128 valence electrons. The second kappa shape index (κ2) is 7.19. The zero-order valence-electron chi connectivity index (χ0n) is 12.9. The van der Waals surface area contributed by atoms with Crippen molar-refractivity contribution in [3.63, 3.8) is 0 Å². The van der Waals surface area contributed by atoms with Gasteiger partial charge in [-0.25, -0.2) is 12.8 Å². The van der Waals surface area contributed by atoms with E-state index in [0.717, 1.165) is 5.56 Å². The Balaban J connectivity index is 1.73. The van der Waals surface area contributed by atoms with Crippen LogP contribution in [0.2, 0.25) is 5.02 Å². The first kappa shape index (κ1) is 17.4. The number of sulfonamides is 1. The first-order valence-electron chi connectivity index (χ1n) is 7.53. The first-order valence-corrected chi connectivity index (χ1v) is 9.52. The largest absolute Gasteiger partial charge is 0.371 e. The van der Waals surface area contributed by atoms with Gasteiger partial charge in [0.25, 0.3) is 0 Å². The summed E-state index contributed by atoms with van der Waals surface area (Å²) in [5, 5.41) is 0.621. The molecule has 1 fully saturated rings. The van der Waals surface area contributed by atoms with Crippen LogP contribution in [0.4, 0.5) is 4.39 Å². The van der Waals surface area contributed by atoms with Gasteiger partial charge in [-0.2, -0.15) is 4.31 Å². The van der Waals surface area contributed by atoms with E-state index in [2.05, 4.69) is 0 Å². The van der Waals surface area contributed by atoms with Gasteiger partial charge in [0.05, 0.1) is 18.5 Å². The molecular formula is C17H17ClFNO3S. The van der Waals surface area contributed by atoms with Crippen LogP contribution in [0, 0.1) is 5.82 Å². The van der Waals surface area contributed by atoms with Crippen molar-refractivity contribution in [2.45, 2.75) is 11.9 Å². The fourth-order valence-electron chi connectivity index (χ4n) is 2.64. The molecule has 1 unspecified atom stereocenters. The second-order valence-corrected chi connectivity index (χ2v) is 8.06. The predicted molar refractivity (Wildman–Crippen MR) is 90.7 cm³/mol. The van der Waals surface area contributed by atoms with Crippen molar-refractivity contribution in [2.24, 2.45) is 0 Å². The molecule has 0 aliphatic carbocycles. The first-order chi connectivity index (χ1) is 11.4. The van der Waals surface area contributed by atoms with Crippen LogP contribution in [0.15, 0.2) is 48.5 Å². The average Bonchev–Trinajstić information content (AvgIpc) is 2.58. The number of hydrogen-bond acceptors (Lipinski definition) is 3. The lowest BCUT2D eigenvalue weighted by atomic mass is 10.1. The van der Waals surface area contributed by atoms with Crippen LogP contribution >= 0.6 is 11.6 Å². The van der Waals surface area contributed by atoms with Crippen molar-refractivity contribution in [3.05, 3.63) is 70.5 Å². The summed E-state index contributed by atoms with van der Waals surface area (Å²) in [7, 11) is -3.49. The summed E-state index contributed by atoms with van der Waals surface area (Å²) in [5.41, 5.74) is 1.45. The lowest BCUT2D eigenvalue weighted by Crippen LogP contribution is -2.42. The van der Waals surface area contributed by atoms with E-state index in [0.29, 0.717) is 23.7 Å². The van der Waals surface area contributed by atoms with Gasteiger partial charge in [-0.3, -0.25) is 0 Å². The summed E-state index contributed by atoms with van der Waals surface area (Å²) in [5.74, 6) is -0.536. The molecule has 0 saturated carbocycles. The van der Waals surface area contributed by atoms with Gasteiger partial charge < -0.3 is 4.74 Å². The van der Waals surface area contributed by atoms with E-state index in [1.807, 2.05) is 12.1 Å². The SMILES string of the molecule is O=S(=O)(Cc1ccc(F)cc1)N1CCOC(c2ccc(Cl)cc2)C1. The van der Waals surface area contributed by atoms with Gasteiger partial charge in [0.1, 0.15) is 5.82 Å². The molecule has 3 rings (SSSR count). The number of morpholine rings is 1. The van der Waals surface area contributed by atoms with E-state index in [4.69, 9.17) is 16.3 Å². The van der Waals surface area contributed by atoms with Crippen LogP contribution < -0.4 is 0 Å². The summed E-state index contributed by atoms with van der Waals surface area (Å²) < 4.78 is 45.3. The molecule has 2 aromatic carbocycles. The summed E-state index contributed by atoms with van der Waals surface area (Å²) in [6.07, 6.45) is -0.320. The maximum absolute atomic E-state index is 13.0. The normalized spacial score (nSPS) is 19.3. The highest BCUT2D eigenvalue weighted by molar-refractivity contribution is 7.88. The van der Waals surface area contributed by atoms with Gasteiger partial charge in [-0.1, -0.05) is 35.9 Å². The van der Waals surface area contributed by atoms with Crippen LogP contribution in [0.25, 0.3) is 0 Å². The highest BCUT2D eigenvalue weighted by Crippen LogP contribution is 2.26. The zero-order valence-corrected chi connectivity index (χ0v) is 14.4. The monoisotopic (exact) mass is 369 g/mol. The van der Waals surface area contributed by atoms with Gasteiger partial charge in [-0.15, -0.1) is 0 Å². The number of ether oxygens (including phenoxy) is 1. The van der Waals surface area contributed by atoms with Gasteiger partial charge >= 0.3 is 0 Å². The minimum absolute atomic E-state index is 0.152. The maximum atomic E-state index is 13.0. The molecule has 0 bridgehead atoms. The fourth-order valence-corrected chi connectivity index (χ4v) is 4.28. The average molecular weight is 370 g/mol. The Labute approximate surface area is 145 Å². The van der Waals surface area contributed by atoms with Crippen molar-refractivity contribution in [2.75, 3.05) is 19.7 Å². The van der Waals surface area contributed by atoms with Crippen LogP contribution in [-0.4, -0.2) is 32.4 Å². The minimum atomic E-state index is -3.49. The predicted octanol–water partition coefficient (Wildman–Crippen LogP) is 3.38. The Hall–Kier alpha value is -1.47. The second-order valence-electron chi connectivity index (χ2n) is 5.65. The molecule has 1 aliphatic heterocycles. The number of rotatable bonds is 4. The highest BCUT2D eigenvalue weighted by Gasteiger charge is 2.30. The third kappa shape index (κ3) is 4.13. The molecule has 0 radical (unpaired) electrons. The maximum Gasteiger partial charge on any atom is 0.218 e. The van der Waals surface area contributed by atoms with Gasteiger partial charge in [-0.05, 0) is 35.4 Å². The van der Waals surface area contributed by atoms with Crippen LogP contribution in [0.3, 0.4) is 0 Å². The van der Waals surface area contributed by atoms with E-state index in [1.54, 1.807) is 12.1 Å². The summed E-state index contributed by atoms with van der Waals surface area (Å²) >= 11 is 5.88. The molecule has 1 heterocycles. The van der Waals surface area contributed by atoms with Crippen molar-refractivity contribution < 1.29 is 17.5 Å². The van der Waals surface area contributed by atoms with E-state index < -0.39 is 10.0 Å². The van der Waals surface area contributed by atoms with Crippen LogP contribution in [-0.2, 0) is 20.5 Å². The molecule has 0 spiro atoms.